The fraction of sp³-hybridized carbons (Fsp3) is 0.105. The zero-order chi connectivity index (χ0) is 18.1. The zero-order valence-corrected chi connectivity index (χ0v) is 15.1. The van der Waals surface area contributed by atoms with Crippen molar-refractivity contribution < 1.29 is 9.53 Å². The van der Waals surface area contributed by atoms with Gasteiger partial charge in [-0.2, -0.15) is 5.10 Å². The third-order valence-corrected chi connectivity index (χ3v) is 4.96. The Morgan fingerprint density at radius 2 is 1.92 bits per heavy atom. The first-order valence-corrected chi connectivity index (χ1v) is 8.81. The number of nitrogens with one attached hydrogen (secondary N) is 1. The summed E-state index contributed by atoms with van der Waals surface area (Å²) < 4.78 is 7.77. The summed E-state index contributed by atoms with van der Waals surface area (Å²) in [7, 11) is 3.38. The molecule has 1 N–H and O–H groups in total. The van der Waals surface area contributed by atoms with Gasteiger partial charge in [-0.05, 0) is 42.5 Å². The van der Waals surface area contributed by atoms with Gasteiger partial charge in [0.15, 0.2) is 5.13 Å². The lowest BCUT2D eigenvalue weighted by Crippen LogP contribution is -2.15. The first-order valence-electron chi connectivity index (χ1n) is 7.99. The van der Waals surface area contributed by atoms with Gasteiger partial charge in [-0.3, -0.25) is 14.8 Å². The molecule has 7 heteroatoms. The molecule has 130 valence electrons. The number of hydrogen-bond donors (Lipinski definition) is 1. The van der Waals surface area contributed by atoms with Crippen molar-refractivity contribution in [2.75, 3.05) is 12.4 Å². The molecule has 2 aromatic heterocycles. The Hall–Kier alpha value is -3.19. The van der Waals surface area contributed by atoms with E-state index < -0.39 is 0 Å². The maximum Gasteiger partial charge on any atom is 0.275 e. The van der Waals surface area contributed by atoms with Crippen LogP contribution < -0.4 is 10.1 Å². The average molecular weight is 364 g/mol. The fourth-order valence-electron chi connectivity index (χ4n) is 2.67. The molecule has 0 atom stereocenters. The van der Waals surface area contributed by atoms with Gasteiger partial charge in [0.25, 0.3) is 5.91 Å². The van der Waals surface area contributed by atoms with Gasteiger partial charge in [0, 0.05) is 12.6 Å². The SMILES string of the molecule is COc1ccc(-c2cc(C(=O)Nc3nc4ccccc4s3)n(C)n2)cc1. The fourth-order valence-corrected chi connectivity index (χ4v) is 3.53. The van der Waals surface area contributed by atoms with Crippen LogP contribution in [-0.4, -0.2) is 27.8 Å². The molecule has 0 radical (unpaired) electrons. The van der Waals surface area contributed by atoms with Gasteiger partial charge < -0.3 is 4.74 Å². The number of methoxy groups -OCH3 is 1. The van der Waals surface area contributed by atoms with Crippen LogP contribution in [0.3, 0.4) is 0 Å². The van der Waals surface area contributed by atoms with Crippen molar-refractivity contribution in [3.63, 3.8) is 0 Å². The number of benzene rings is 2. The second-order valence-corrected chi connectivity index (χ2v) is 6.74. The quantitative estimate of drug-likeness (QED) is 0.595. The predicted octanol–water partition coefficient (Wildman–Crippen LogP) is 3.96. The molecule has 0 aliphatic carbocycles. The highest BCUT2D eigenvalue weighted by Crippen LogP contribution is 2.26. The van der Waals surface area contributed by atoms with E-state index >= 15 is 0 Å². The molecule has 0 aliphatic rings. The van der Waals surface area contributed by atoms with Crippen LogP contribution in [0.1, 0.15) is 10.5 Å². The number of para-hydroxylation sites is 1. The highest BCUT2D eigenvalue weighted by molar-refractivity contribution is 7.22. The van der Waals surface area contributed by atoms with Crippen molar-refractivity contribution in [3.05, 3.63) is 60.3 Å². The van der Waals surface area contributed by atoms with Crippen LogP contribution in [0.15, 0.2) is 54.6 Å². The van der Waals surface area contributed by atoms with Gasteiger partial charge in [-0.1, -0.05) is 23.5 Å². The van der Waals surface area contributed by atoms with Crippen LogP contribution in [0.2, 0.25) is 0 Å². The number of fused-ring (bicyclic) bond motifs is 1. The topological polar surface area (TPSA) is 69.0 Å². The van der Waals surface area contributed by atoms with Crippen LogP contribution in [0.25, 0.3) is 21.5 Å². The summed E-state index contributed by atoms with van der Waals surface area (Å²) in [5.74, 6) is 0.539. The molecule has 1 amide bonds. The number of carbonyl (C=O) groups excluding carboxylic acids is 1. The lowest BCUT2D eigenvalue weighted by molar-refractivity contribution is 0.101. The number of ether oxygens (including phenoxy) is 1. The number of rotatable bonds is 4. The van der Waals surface area contributed by atoms with Gasteiger partial charge in [0.1, 0.15) is 11.4 Å². The maximum absolute atomic E-state index is 12.6. The number of aromatic nitrogens is 3. The first-order chi connectivity index (χ1) is 12.6. The molecule has 2 heterocycles. The lowest BCUT2D eigenvalue weighted by Gasteiger charge is -2.00. The summed E-state index contributed by atoms with van der Waals surface area (Å²) in [6.07, 6.45) is 0. The highest BCUT2D eigenvalue weighted by Gasteiger charge is 2.16. The van der Waals surface area contributed by atoms with E-state index in [0.717, 1.165) is 27.2 Å². The van der Waals surface area contributed by atoms with Crippen LogP contribution in [0.4, 0.5) is 5.13 Å². The Kier molecular flexibility index (Phi) is 4.14. The van der Waals surface area contributed by atoms with Crippen LogP contribution >= 0.6 is 11.3 Å². The molecule has 0 saturated heterocycles. The molecule has 0 aliphatic heterocycles. The highest BCUT2D eigenvalue weighted by atomic mass is 32.1. The van der Waals surface area contributed by atoms with Crippen molar-refractivity contribution >= 4 is 32.6 Å². The molecule has 0 bridgehead atoms. The van der Waals surface area contributed by atoms with Gasteiger partial charge in [-0.25, -0.2) is 4.98 Å². The Balaban J connectivity index is 1.58. The number of thiazole rings is 1. The molecule has 0 spiro atoms. The van der Waals surface area contributed by atoms with E-state index in [1.807, 2.05) is 48.5 Å². The molecular formula is C19H16N4O2S. The van der Waals surface area contributed by atoms with E-state index in [9.17, 15) is 4.79 Å². The number of hydrogen-bond acceptors (Lipinski definition) is 5. The van der Waals surface area contributed by atoms with Crippen LogP contribution in [0.5, 0.6) is 5.75 Å². The van der Waals surface area contributed by atoms with E-state index in [1.165, 1.54) is 11.3 Å². The van der Waals surface area contributed by atoms with E-state index in [0.29, 0.717) is 10.8 Å². The minimum Gasteiger partial charge on any atom is -0.497 e. The number of amides is 1. The van der Waals surface area contributed by atoms with Crippen molar-refractivity contribution in [2.45, 2.75) is 0 Å². The van der Waals surface area contributed by atoms with Crippen LogP contribution in [-0.2, 0) is 7.05 Å². The Morgan fingerprint density at radius 1 is 1.15 bits per heavy atom. The minimum absolute atomic E-state index is 0.237. The van der Waals surface area contributed by atoms with Crippen molar-refractivity contribution in [2.24, 2.45) is 7.05 Å². The second-order valence-electron chi connectivity index (χ2n) is 5.71. The largest absolute Gasteiger partial charge is 0.497 e. The minimum atomic E-state index is -0.237. The van der Waals surface area contributed by atoms with Gasteiger partial charge in [-0.15, -0.1) is 0 Å². The maximum atomic E-state index is 12.6. The number of aryl methyl sites for hydroxylation is 1. The van der Waals surface area contributed by atoms with E-state index in [2.05, 4.69) is 15.4 Å². The number of anilines is 1. The third-order valence-electron chi connectivity index (χ3n) is 4.01. The van der Waals surface area contributed by atoms with Crippen molar-refractivity contribution in [1.29, 1.82) is 0 Å². The summed E-state index contributed by atoms with van der Waals surface area (Å²) >= 11 is 1.45. The van der Waals surface area contributed by atoms with Crippen molar-refractivity contribution in [3.8, 4) is 17.0 Å². The molecular weight excluding hydrogens is 348 g/mol. The number of carbonyl (C=O) groups is 1. The predicted molar refractivity (Wildman–Crippen MR) is 103 cm³/mol. The summed E-state index contributed by atoms with van der Waals surface area (Å²) in [6, 6.07) is 17.1. The van der Waals surface area contributed by atoms with E-state index in [1.54, 1.807) is 24.9 Å². The van der Waals surface area contributed by atoms with Gasteiger partial charge >= 0.3 is 0 Å². The molecule has 0 fully saturated rings. The molecule has 4 rings (SSSR count). The smallest absolute Gasteiger partial charge is 0.275 e. The van der Waals surface area contributed by atoms with Gasteiger partial charge in [0.2, 0.25) is 0 Å². The van der Waals surface area contributed by atoms with Crippen LogP contribution in [0, 0.1) is 0 Å². The van der Waals surface area contributed by atoms with Gasteiger partial charge in [0.05, 0.1) is 23.0 Å². The Bertz CT molecular complexity index is 1050. The standard InChI is InChI=1S/C19H16N4O2S/c1-23-16(11-15(22-23)12-7-9-13(25-2)10-8-12)18(24)21-19-20-14-5-3-4-6-17(14)26-19/h3-11H,1-2H3,(H,20,21,24). The monoisotopic (exact) mass is 364 g/mol. The van der Waals surface area contributed by atoms with Crippen molar-refractivity contribution in [1.82, 2.24) is 14.8 Å². The summed E-state index contributed by atoms with van der Waals surface area (Å²) in [5, 5.41) is 7.87. The average Bonchev–Trinajstić information content (AvgIpc) is 3.24. The van der Waals surface area contributed by atoms with E-state index in [-0.39, 0.29) is 5.91 Å². The summed E-state index contributed by atoms with van der Waals surface area (Å²) in [6.45, 7) is 0. The lowest BCUT2D eigenvalue weighted by atomic mass is 10.1. The van der Waals surface area contributed by atoms with E-state index in [4.69, 9.17) is 4.74 Å². The molecule has 0 saturated carbocycles. The molecule has 4 aromatic rings. The normalized spacial score (nSPS) is 10.8. The Morgan fingerprint density at radius 3 is 2.65 bits per heavy atom. The molecule has 0 unspecified atom stereocenters. The second kappa shape index (κ2) is 6.61. The Labute approximate surface area is 154 Å². The third kappa shape index (κ3) is 3.04. The summed E-state index contributed by atoms with van der Waals surface area (Å²) in [5.41, 5.74) is 2.98. The zero-order valence-electron chi connectivity index (χ0n) is 14.3. The molecule has 26 heavy (non-hydrogen) atoms. The molecule has 6 nitrogen and oxygen atoms in total. The number of nitrogens with zero attached hydrogens (tertiary/aromatic N) is 3. The summed E-state index contributed by atoms with van der Waals surface area (Å²) in [4.78, 5) is 17.1. The first kappa shape index (κ1) is 16.3. The molecule has 2 aromatic carbocycles.